The van der Waals surface area contributed by atoms with Gasteiger partial charge in [0.15, 0.2) is 11.6 Å². The average molecular weight is 321 g/mol. The fraction of sp³-hybridized carbons (Fsp3) is 0.0714. The minimum Gasteiger partial charge on any atom is -0.418 e. The van der Waals surface area contributed by atoms with Gasteiger partial charge in [0.1, 0.15) is 0 Å². The zero-order valence-electron chi connectivity index (χ0n) is 11.0. The number of hydrogen-bond donors (Lipinski definition) is 1. The topological polar surface area (TPSA) is 68.0 Å². The zero-order chi connectivity index (χ0) is 15.5. The SMILES string of the molecule is O=C(NCc1nnc(-c2cccs2)o1)c1cccc(F)c1F. The van der Waals surface area contributed by atoms with E-state index in [9.17, 15) is 13.6 Å². The van der Waals surface area contributed by atoms with Crippen LogP contribution in [0, 0.1) is 11.6 Å². The van der Waals surface area contributed by atoms with E-state index < -0.39 is 17.5 Å². The van der Waals surface area contributed by atoms with E-state index in [1.165, 1.54) is 23.5 Å². The molecule has 0 atom stereocenters. The molecule has 2 heterocycles. The summed E-state index contributed by atoms with van der Waals surface area (Å²) in [6.07, 6.45) is 0. The number of hydrogen-bond acceptors (Lipinski definition) is 5. The highest BCUT2D eigenvalue weighted by Gasteiger charge is 2.16. The molecule has 0 bridgehead atoms. The van der Waals surface area contributed by atoms with Gasteiger partial charge in [-0.15, -0.1) is 21.5 Å². The van der Waals surface area contributed by atoms with Gasteiger partial charge < -0.3 is 9.73 Å². The summed E-state index contributed by atoms with van der Waals surface area (Å²) < 4.78 is 31.9. The minimum atomic E-state index is -1.19. The summed E-state index contributed by atoms with van der Waals surface area (Å²) in [4.78, 5) is 12.6. The van der Waals surface area contributed by atoms with Crippen molar-refractivity contribution in [2.45, 2.75) is 6.54 Å². The van der Waals surface area contributed by atoms with Crippen molar-refractivity contribution < 1.29 is 18.0 Å². The van der Waals surface area contributed by atoms with Gasteiger partial charge in [-0.3, -0.25) is 4.79 Å². The lowest BCUT2D eigenvalue weighted by atomic mass is 10.2. The van der Waals surface area contributed by atoms with Crippen LogP contribution in [0.5, 0.6) is 0 Å². The second kappa shape index (κ2) is 6.02. The van der Waals surface area contributed by atoms with Crippen LogP contribution in [0.15, 0.2) is 40.1 Å². The van der Waals surface area contributed by atoms with Crippen molar-refractivity contribution in [1.29, 1.82) is 0 Å². The average Bonchev–Trinajstić information content (AvgIpc) is 3.18. The van der Waals surface area contributed by atoms with E-state index in [1.54, 1.807) is 0 Å². The van der Waals surface area contributed by atoms with Crippen LogP contribution in [0.4, 0.5) is 8.78 Å². The van der Waals surface area contributed by atoms with Crippen molar-refractivity contribution in [3.8, 4) is 10.8 Å². The smallest absolute Gasteiger partial charge is 0.257 e. The van der Waals surface area contributed by atoms with E-state index in [-0.39, 0.29) is 18.0 Å². The third-order valence-electron chi connectivity index (χ3n) is 2.80. The molecule has 5 nitrogen and oxygen atoms in total. The summed E-state index contributed by atoms with van der Waals surface area (Å²) >= 11 is 1.44. The Morgan fingerprint density at radius 1 is 1.23 bits per heavy atom. The molecule has 2 aromatic heterocycles. The molecule has 1 aromatic carbocycles. The molecule has 3 aromatic rings. The van der Waals surface area contributed by atoms with Crippen LogP contribution in [0.2, 0.25) is 0 Å². The first-order chi connectivity index (χ1) is 10.6. The van der Waals surface area contributed by atoms with E-state index in [4.69, 9.17) is 4.42 Å². The number of thiophene rings is 1. The second-order valence-corrected chi connectivity index (χ2v) is 5.21. The lowest BCUT2D eigenvalue weighted by Crippen LogP contribution is -2.24. The molecule has 22 heavy (non-hydrogen) atoms. The van der Waals surface area contributed by atoms with Crippen LogP contribution in [0.3, 0.4) is 0 Å². The van der Waals surface area contributed by atoms with Gasteiger partial charge in [-0.05, 0) is 23.6 Å². The van der Waals surface area contributed by atoms with Crippen LogP contribution in [-0.4, -0.2) is 16.1 Å². The number of nitrogens with one attached hydrogen (secondary N) is 1. The quantitative estimate of drug-likeness (QED) is 0.802. The number of benzene rings is 1. The molecule has 0 unspecified atom stereocenters. The molecule has 0 aliphatic heterocycles. The molecule has 0 saturated carbocycles. The Morgan fingerprint density at radius 2 is 2.09 bits per heavy atom. The number of aromatic nitrogens is 2. The van der Waals surface area contributed by atoms with Crippen LogP contribution < -0.4 is 5.32 Å². The molecule has 8 heteroatoms. The van der Waals surface area contributed by atoms with Gasteiger partial charge in [-0.25, -0.2) is 8.78 Å². The van der Waals surface area contributed by atoms with Gasteiger partial charge in [0.05, 0.1) is 17.0 Å². The van der Waals surface area contributed by atoms with Crippen LogP contribution >= 0.6 is 11.3 Å². The van der Waals surface area contributed by atoms with Gasteiger partial charge in [0.25, 0.3) is 11.8 Å². The minimum absolute atomic E-state index is 0.0762. The van der Waals surface area contributed by atoms with Gasteiger partial charge >= 0.3 is 0 Å². The number of rotatable bonds is 4. The van der Waals surface area contributed by atoms with Gasteiger partial charge in [0.2, 0.25) is 5.89 Å². The van der Waals surface area contributed by atoms with Crippen molar-refractivity contribution in [2.75, 3.05) is 0 Å². The number of halogens is 2. The summed E-state index contributed by atoms with van der Waals surface area (Å²) in [5.74, 6) is -2.51. The molecule has 0 saturated heterocycles. The standard InChI is InChI=1S/C14H9F2N3O2S/c15-9-4-1-3-8(12(9)16)13(20)17-7-11-18-19-14(21-11)10-5-2-6-22-10/h1-6H,7H2,(H,17,20). The van der Waals surface area contributed by atoms with E-state index in [1.807, 2.05) is 17.5 Å². The molecule has 0 fully saturated rings. The summed E-state index contributed by atoms with van der Waals surface area (Å²) in [6.45, 7) is -0.0762. The number of nitrogens with zero attached hydrogens (tertiary/aromatic N) is 2. The lowest BCUT2D eigenvalue weighted by molar-refractivity contribution is 0.0942. The fourth-order valence-electron chi connectivity index (χ4n) is 1.76. The molecular formula is C14H9F2N3O2S. The van der Waals surface area contributed by atoms with Crippen molar-refractivity contribution in [2.24, 2.45) is 0 Å². The van der Waals surface area contributed by atoms with Gasteiger partial charge in [0, 0.05) is 0 Å². The molecule has 0 aliphatic rings. The van der Waals surface area contributed by atoms with Crippen LogP contribution in [-0.2, 0) is 6.54 Å². The Hall–Kier alpha value is -2.61. The Morgan fingerprint density at radius 3 is 2.86 bits per heavy atom. The van der Waals surface area contributed by atoms with Crippen molar-refractivity contribution >= 4 is 17.2 Å². The summed E-state index contributed by atoms with van der Waals surface area (Å²) in [7, 11) is 0. The zero-order valence-corrected chi connectivity index (χ0v) is 11.9. The maximum absolute atomic E-state index is 13.5. The Balaban J connectivity index is 1.68. The molecule has 0 radical (unpaired) electrons. The highest BCUT2D eigenvalue weighted by molar-refractivity contribution is 7.13. The summed E-state index contributed by atoms with van der Waals surface area (Å²) in [5, 5.41) is 11.9. The molecule has 0 spiro atoms. The Labute approximate surface area is 127 Å². The first-order valence-electron chi connectivity index (χ1n) is 6.23. The van der Waals surface area contributed by atoms with Gasteiger partial charge in [-0.2, -0.15) is 0 Å². The third-order valence-corrected chi connectivity index (χ3v) is 3.65. The lowest BCUT2D eigenvalue weighted by Gasteiger charge is -2.04. The predicted octanol–water partition coefficient (Wildman–Crippen LogP) is 3.01. The van der Waals surface area contributed by atoms with E-state index in [0.29, 0.717) is 5.89 Å². The number of carbonyl (C=O) groups is 1. The fourth-order valence-corrected chi connectivity index (χ4v) is 2.40. The Kier molecular flexibility index (Phi) is 3.92. The van der Waals surface area contributed by atoms with Crippen molar-refractivity contribution in [3.05, 3.63) is 58.8 Å². The highest BCUT2D eigenvalue weighted by atomic mass is 32.1. The van der Waals surface area contributed by atoms with E-state index >= 15 is 0 Å². The molecule has 1 N–H and O–H groups in total. The first-order valence-corrected chi connectivity index (χ1v) is 7.11. The maximum Gasteiger partial charge on any atom is 0.257 e. The molecule has 1 amide bonds. The highest BCUT2D eigenvalue weighted by Crippen LogP contribution is 2.22. The second-order valence-electron chi connectivity index (χ2n) is 4.26. The first kappa shape index (κ1) is 14.3. The maximum atomic E-state index is 13.5. The van der Waals surface area contributed by atoms with Crippen LogP contribution in [0.25, 0.3) is 10.8 Å². The Bertz CT molecular complexity index is 802. The molecule has 3 rings (SSSR count). The van der Waals surface area contributed by atoms with E-state index in [2.05, 4.69) is 15.5 Å². The normalized spacial score (nSPS) is 10.6. The molecular weight excluding hydrogens is 312 g/mol. The largest absolute Gasteiger partial charge is 0.418 e. The third kappa shape index (κ3) is 2.86. The summed E-state index contributed by atoms with van der Waals surface area (Å²) in [5.41, 5.74) is -0.377. The van der Waals surface area contributed by atoms with E-state index in [0.717, 1.165) is 10.9 Å². The number of amides is 1. The van der Waals surface area contributed by atoms with Crippen molar-refractivity contribution in [3.63, 3.8) is 0 Å². The number of carbonyl (C=O) groups excluding carboxylic acids is 1. The van der Waals surface area contributed by atoms with Crippen LogP contribution in [0.1, 0.15) is 16.2 Å². The van der Waals surface area contributed by atoms with Gasteiger partial charge in [-0.1, -0.05) is 12.1 Å². The molecule has 0 aliphatic carbocycles. The summed E-state index contributed by atoms with van der Waals surface area (Å²) in [6, 6.07) is 7.06. The monoisotopic (exact) mass is 321 g/mol. The van der Waals surface area contributed by atoms with Crippen molar-refractivity contribution in [1.82, 2.24) is 15.5 Å². The molecule has 112 valence electrons. The predicted molar refractivity (Wildman–Crippen MR) is 75.1 cm³/mol.